The largest absolute Gasteiger partial charge is 0.331 e. The summed E-state index contributed by atoms with van der Waals surface area (Å²) in [7, 11) is 0. The molecule has 0 amide bonds. The molecule has 0 aliphatic heterocycles. The van der Waals surface area contributed by atoms with Crippen molar-refractivity contribution < 1.29 is 0 Å². The van der Waals surface area contributed by atoms with Gasteiger partial charge in [-0.25, -0.2) is 4.98 Å². The minimum absolute atomic E-state index is 0.347. The van der Waals surface area contributed by atoms with Gasteiger partial charge in [-0.15, -0.1) is 0 Å². The minimum atomic E-state index is -0.358. The summed E-state index contributed by atoms with van der Waals surface area (Å²) < 4.78 is 2.39. The summed E-state index contributed by atoms with van der Waals surface area (Å²) >= 11 is 0. The van der Waals surface area contributed by atoms with Crippen LogP contribution in [-0.4, -0.2) is 21.1 Å². The first-order valence-electron chi connectivity index (χ1n) is 8.37. The fourth-order valence-electron chi connectivity index (χ4n) is 4.11. The third kappa shape index (κ3) is 2.85. The fraction of sp³-hybridized carbons (Fsp3) is 0.765. The van der Waals surface area contributed by atoms with Crippen molar-refractivity contribution in [3.05, 3.63) is 17.7 Å². The number of rotatable bonds is 3. The summed E-state index contributed by atoms with van der Waals surface area (Å²) in [5.41, 5.74) is 2.37. The number of nitrogens with one attached hydrogen (secondary N) is 1. The summed E-state index contributed by atoms with van der Waals surface area (Å²) in [5.74, 6) is 0. The number of aryl methyl sites for hydroxylation is 1. The van der Waals surface area contributed by atoms with Gasteiger partial charge in [-0.1, -0.05) is 0 Å². The van der Waals surface area contributed by atoms with Crippen LogP contribution in [0.2, 0.25) is 0 Å². The van der Waals surface area contributed by atoms with Crippen molar-refractivity contribution in [3.8, 4) is 6.07 Å². The van der Waals surface area contributed by atoms with Crippen LogP contribution in [0, 0.1) is 11.3 Å². The van der Waals surface area contributed by atoms with Crippen LogP contribution < -0.4 is 5.32 Å². The lowest BCUT2D eigenvalue weighted by Gasteiger charge is -2.39. The number of nitriles is 1. The molecule has 1 N–H and O–H groups in total. The van der Waals surface area contributed by atoms with Crippen LogP contribution >= 0.6 is 0 Å². The van der Waals surface area contributed by atoms with Crippen LogP contribution in [0.4, 0.5) is 0 Å². The highest BCUT2D eigenvalue weighted by atomic mass is 15.1. The molecule has 0 bridgehead atoms. The van der Waals surface area contributed by atoms with Gasteiger partial charge < -0.3 is 4.57 Å². The van der Waals surface area contributed by atoms with E-state index in [9.17, 15) is 5.26 Å². The van der Waals surface area contributed by atoms with Crippen LogP contribution in [0.15, 0.2) is 6.33 Å². The van der Waals surface area contributed by atoms with Crippen molar-refractivity contribution in [2.75, 3.05) is 0 Å². The molecule has 2 atom stereocenters. The summed E-state index contributed by atoms with van der Waals surface area (Å²) in [6, 6.07) is 3.35. The highest BCUT2D eigenvalue weighted by Crippen LogP contribution is 2.37. The lowest BCUT2D eigenvalue weighted by Crippen LogP contribution is -2.50. The monoisotopic (exact) mass is 286 g/mol. The maximum atomic E-state index is 9.71. The number of hydrogen-bond acceptors (Lipinski definition) is 3. The van der Waals surface area contributed by atoms with Gasteiger partial charge in [0.2, 0.25) is 0 Å². The van der Waals surface area contributed by atoms with E-state index in [1.807, 2.05) is 6.33 Å². The van der Waals surface area contributed by atoms with Gasteiger partial charge in [-0.3, -0.25) is 5.32 Å². The van der Waals surface area contributed by atoms with Gasteiger partial charge in [0, 0.05) is 17.8 Å². The zero-order chi connectivity index (χ0) is 14.9. The molecule has 2 unspecified atom stereocenters. The second-order valence-corrected chi connectivity index (χ2v) is 7.00. The van der Waals surface area contributed by atoms with Crippen LogP contribution in [0.25, 0.3) is 0 Å². The molecular formula is C17H26N4. The van der Waals surface area contributed by atoms with E-state index in [2.05, 4.69) is 34.8 Å². The maximum absolute atomic E-state index is 9.71. The van der Waals surface area contributed by atoms with Crippen LogP contribution in [0.1, 0.15) is 69.8 Å². The normalized spacial score (nSPS) is 29.1. The smallest absolute Gasteiger partial charge is 0.108 e. The lowest BCUT2D eigenvalue weighted by molar-refractivity contribution is 0.216. The highest BCUT2D eigenvalue weighted by Gasteiger charge is 2.38. The van der Waals surface area contributed by atoms with Gasteiger partial charge in [0.15, 0.2) is 0 Å². The van der Waals surface area contributed by atoms with Crippen molar-refractivity contribution in [1.29, 1.82) is 5.26 Å². The first-order chi connectivity index (χ1) is 10.1. The molecule has 4 heteroatoms. The average molecular weight is 286 g/mol. The topological polar surface area (TPSA) is 53.6 Å². The Balaban J connectivity index is 1.83. The van der Waals surface area contributed by atoms with E-state index in [0.717, 1.165) is 32.1 Å². The molecule has 0 spiro atoms. The molecule has 0 saturated heterocycles. The molecule has 2 aliphatic carbocycles. The summed E-state index contributed by atoms with van der Waals surface area (Å²) in [6.07, 6.45) is 11.0. The standard InChI is InChI=1S/C17H26N4/c1-13(2)20-17(11-18)9-5-6-14(10-17)21-12-19-15-7-3-4-8-16(15)21/h12-14,20H,3-10H2,1-2H3. The van der Waals surface area contributed by atoms with Gasteiger partial charge in [0.05, 0.1) is 18.1 Å². The number of hydrogen-bond donors (Lipinski definition) is 1. The molecule has 1 fully saturated rings. The van der Waals surface area contributed by atoms with Gasteiger partial charge in [-0.05, 0) is 65.2 Å². The predicted octanol–water partition coefficient (Wildman–Crippen LogP) is 3.14. The Labute approximate surface area is 127 Å². The average Bonchev–Trinajstić information content (AvgIpc) is 2.91. The molecule has 4 nitrogen and oxygen atoms in total. The maximum Gasteiger partial charge on any atom is 0.108 e. The molecule has 3 rings (SSSR count). The number of imidazole rings is 1. The predicted molar refractivity (Wildman–Crippen MR) is 83.0 cm³/mol. The van der Waals surface area contributed by atoms with E-state index in [1.54, 1.807) is 0 Å². The summed E-state index contributed by atoms with van der Waals surface area (Å²) in [5, 5.41) is 13.2. The van der Waals surface area contributed by atoms with Gasteiger partial charge in [0.1, 0.15) is 5.54 Å². The molecule has 114 valence electrons. The van der Waals surface area contributed by atoms with E-state index >= 15 is 0 Å². The Morgan fingerprint density at radius 1 is 1.38 bits per heavy atom. The van der Waals surface area contributed by atoms with Crippen molar-refractivity contribution in [2.45, 2.75) is 82.8 Å². The van der Waals surface area contributed by atoms with Crippen LogP contribution in [0.3, 0.4) is 0 Å². The van der Waals surface area contributed by atoms with E-state index < -0.39 is 0 Å². The van der Waals surface area contributed by atoms with Gasteiger partial charge in [0.25, 0.3) is 0 Å². The zero-order valence-corrected chi connectivity index (χ0v) is 13.2. The third-order valence-electron chi connectivity index (χ3n) is 4.96. The molecule has 21 heavy (non-hydrogen) atoms. The second kappa shape index (κ2) is 5.81. The summed E-state index contributed by atoms with van der Waals surface area (Å²) in [6.45, 7) is 4.25. The Bertz CT molecular complexity index is 539. The van der Waals surface area contributed by atoms with Gasteiger partial charge >= 0.3 is 0 Å². The van der Waals surface area contributed by atoms with Crippen molar-refractivity contribution in [3.63, 3.8) is 0 Å². The molecule has 1 aromatic heterocycles. The Morgan fingerprint density at radius 3 is 2.95 bits per heavy atom. The number of aromatic nitrogens is 2. The molecule has 1 aromatic rings. The van der Waals surface area contributed by atoms with Crippen molar-refractivity contribution in [2.24, 2.45) is 0 Å². The molecule has 1 saturated carbocycles. The quantitative estimate of drug-likeness (QED) is 0.928. The highest BCUT2D eigenvalue weighted by molar-refractivity contribution is 5.19. The first-order valence-corrected chi connectivity index (χ1v) is 8.37. The third-order valence-corrected chi connectivity index (χ3v) is 4.96. The number of nitrogens with zero attached hydrogens (tertiary/aromatic N) is 3. The number of fused-ring (bicyclic) bond motifs is 1. The fourth-order valence-corrected chi connectivity index (χ4v) is 4.11. The minimum Gasteiger partial charge on any atom is -0.331 e. The van der Waals surface area contributed by atoms with E-state index in [0.29, 0.717) is 12.1 Å². The Kier molecular flexibility index (Phi) is 4.03. The molecule has 2 aliphatic rings. The molecule has 0 aromatic carbocycles. The summed E-state index contributed by atoms with van der Waals surface area (Å²) in [4.78, 5) is 4.63. The molecular weight excluding hydrogens is 260 g/mol. The van der Waals surface area contributed by atoms with E-state index in [-0.39, 0.29) is 5.54 Å². The van der Waals surface area contributed by atoms with E-state index in [4.69, 9.17) is 0 Å². The van der Waals surface area contributed by atoms with Crippen molar-refractivity contribution in [1.82, 2.24) is 14.9 Å². The van der Waals surface area contributed by atoms with E-state index in [1.165, 1.54) is 30.7 Å². The van der Waals surface area contributed by atoms with Crippen molar-refractivity contribution >= 4 is 0 Å². The van der Waals surface area contributed by atoms with Crippen LogP contribution in [0.5, 0.6) is 0 Å². The van der Waals surface area contributed by atoms with Gasteiger partial charge in [-0.2, -0.15) is 5.26 Å². The van der Waals surface area contributed by atoms with Crippen LogP contribution in [-0.2, 0) is 12.8 Å². The first kappa shape index (κ1) is 14.6. The SMILES string of the molecule is CC(C)NC1(C#N)CCCC(n2cnc3c2CCCC3)C1. The Morgan fingerprint density at radius 2 is 2.19 bits per heavy atom. The zero-order valence-electron chi connectivity index (χ0n) is 13.2. The Hall–Kier alpha value is -1.34. The lowest BCUT2D eigenvalue weighted by atomic mass is 9.79. The second-order valence-electron chi connectivity index (χ2n) is 7.00. The molecule has 1 heterocycles. The molecule has 0 radical (unpaired) electrons.